The van der Waals surface area contributed by atoms with Crippen LogP contribution in [0.15, 0.2) is 67.4 Å². The first-order chi connectivity index (χ1) is 19.2. The lowest BCUT2D eigenvalue weighted by molar-refractivity contribution is 0.0674. The minimum atomic E-state index is -1.13. The van der Waals surface area contributed by atoms with Crippen molar-refractivity contribution in [3.63, 3.8) is 0 Å². The summed E-state index contributed by atoms with van der Waals surface area (Å²) in [6.07, 6.45) is 5.73. The van der Waals surface area contributed by atoms with Gasteiger partial charge in [-0.1, -0.05) is 68.7 Å². The standard InChI is InChI=1S/C31H37N5O3Si/c1-23(2)28-16-17-32-29(30(28)39-21-25-8-7-9-27(20-25)37-3)15-12-24-10-13-26(14-11-24)31-33-35-36(34-31)22-38-18-19-40(4,5)6/h7-17,20H,1,18-19,21-22H2,2-6H3. The Hall–Kier alpha value is -4.08. The highest BCUT2D eigenvalue weighted by Gasteiger charge is 2.13. The molecule has 2 heterocycles. The zero-order chi connectivity index (χ0) is 28.5. The molecule has 0 fully saturated rings. The Morgan fingerprint density at radius 3 is 2.58 bits per heavy atom. The van der Waals surface area contributed by atoms with Crippen molar-refractivity contribution >= 4 is 25.8 Å². The molecule has 0 spiro atoms. The number of nitrogens with zero attached hydrogens (tertiary/aromatic N) is 5. The lowest BCUT2D eigenvalue weighted by atomic mass is 10.1. The number of rotatable bonds is 13. The third-order valence-corrected chi connectivity index (χ3v) is 7.87. The van der Waals surface area contributed by atoms with E-state index in [-0.39, 0.29) is 0 Å². The molecule has 0 N–H and O–H groups in total. The normalized spacial score (nSPS) is 11.6. The lowest BCUT2D eigenvalue weighted by Gasteiger charge is -2.14. The van der Waals surface area contributed by atoms with Crippen molar-refractivity contribution in [2.24, 2.45) is 0 Å². The maximum absolute atomic E-state index is 6.27. The van der Waals surface area contributed by atoms with Crippen molar-refractivity contribution in [1.82, 2.24) is 25.2 Å². The number of hydrogen-bond acceptors (Lipinski definition) is 7. The van der Waals surface area contributed by atoms with E-state index in [4.69, 9.17) is 14.2 Å². The van der Waals surface area contributed by atoms with E-state index in [1.165, 1.54) is 4.80 Å². The predicted molar refractivity (Wildman–Crippen MR) is 163 cm³/mol. The number of benzene rings is 2. The summed E-state index contributed by atoms with van der Waals surface area (Å²) in [6, 6.07) is 18.8. The number of ether oxygens (including phenoxy) is 3. The molecule has 4 rings (SSSR count). The Labute approximate surface area is 237 Å². The van der Waals surface area contributed by atoms with E-state index >= 15 is 0 Å². The molecule has 0 aliphatic rings. The second-order valence-electron chi connectivity index (χ2n) is 10.8. The summed E-state index contributed by atoms with van der Waals surface area (Å²) in [5.41, 5.74) is 5.45. The molecule has 4 aromatic rings. The average Bonchev–Trinajstić information content (AvgIpc) is 3.42. The van der Waals surface area contributed by atoms with Crippen molar-refractivity contribution in [3.8, 4) is 22.9 Å². The summed E-state index contributed by atoms with van der Waals surface area (Å²) in [5.74, 6) is 2.05. The topological polar surface area (TPSA) is 84.2 Å². The molecule has 0 aliphatic heterocycles. The third kappa shape index (κ3) is 8.21. The largest absolute Gasteiger partial charge is 0.497 e. The highest BCUT2D eigenvalue weighted by Crippen LogP contribution is 2.30. The van der Waals surface area contributed by atoms with E-state index < -0.39 is 8.07 Å². The van der Waals surface area contributed by atoms with Crippen LogP contribution in [0.25, 0.3) is 29.1 Å². The predicted octanol–water partition coefficient (Wildman–Crippen LogP) is 6.84. The van der Waals surface area contributed by atoms with Crippen LogP contribution in [0.2, 0.25) is 25.7 Å². The van der Waals surface area contributed by atoms with Gasteiger partial charge in [-0.05, 0) is 59.2 Å². The Balaban J connectivity index is 1.44. The summed E-state index contributed by atoms with van der Waals surface area (Å²) < 4.78 is 17.3. The first kappa shape index (κ1) is 28.9. The van der Waals surface area contributed by atoms with Gasteiger partial charge in [0.05, 0.1) is 7.11 Å². The van der Waals surface area contributed by atoms with E-state index in [1.54, 1.807) is 13.3 Å². The molecule has 0 radical (unpaired) electrons. The van der Waals surface area contributed by atoms with Gasteiger partial charge in [-0.25, -0.2) is 0 Å². The van der Waals surface area contributed by atoms with Crippen molar-refractivity contribution in [1.29, 1.82) is 0 Å². The Kier molecular flexibility index (Phi) is 9.63. The molecule has 9 heteroatoms. The second kappa shape index (κ2) is 13.3. The maximum atomic E-state index is 6.27. The van der Waals surface area contributed by atoms with Crippen LogP contribution in [0, 0.1) is 0 Å². The van der Waals surface area contributed by atoms with Crippen LogP contribution in [-0.2, 0) is 18.1 Å². The van der Waals surface area contributed by atoms with Crippen molar-refractivity contribution in [2.45, 2.75) is 45.9 Å². The molecule has 0 amide bonds. The number of allylic oxidation sites excluding steroid dienone is 1. The molecule has 0 saturated heterocycles. The van der Waals surface area contributed by atoms with E-state index in [9.17, 15) is 0 Å². The summed E-state index contributed by atoms with van der Waals surface area (Å²) >= 11 is 0. The van der Waals surface area contributed by atoms with E-state index in [2.05, 4.69) is 46.6 Å². The molecule has 40 heavy (non-hydrogen) atoms. The SMILES string of the molecule is C=C(C)c1ccnc(C=Cc2ccc(-c3nnn(COCC[Si](C)(C)C)n3)cc2)c1OCc1cccc(OC)c1. The van der Waals surface area contributed by atoms with Gasteiger partial charge in [0.25, 0.3) is 0 Å². The maximum Gasteiger partial charge on any atom is 0.205 e. The van der Waals surface area contributed by atoms with Crippen LogP contribution in [0.3, 0.4) is 0 Å². The van der Waals surface area contributed by atoms with Gasteiger partial charge in [0.1, 0.15) is 18.1 Å². The molecule has 8 nitrogen and oxygen atoms in total. The fraction of sp³-hybridized carbons (Fsp3) is 0.290. The average molecular weight is 556 g/mol. The molecule has 0 unspecified atom stereocenters. The molecule has 0 aliphatic carbocycles. The summed E-state index contributed by atoms with van der Waals surface area (Å²) in [4.78, 5) is 6.06. The Morgan fingerprint density at radius 1 is 1.05 bits per heavy atom. The summed E-state index contributed by atoms with van der Waals surface area (Å²) in [6.45, 7) is 14.5. The number of aromatic nitrogens is 5. The van der Waals surface area contributed by atoms with Gasteiger partial charge < -0.3 is 14.2 Å². The zero-order valence-corrected chi connectivity index (χ0v) is 24.9. The van der Waals surface area contributed by atoms with Gasteiger partial charge in [0, 0.05) is 32.0 Å². The Bertz CT molecular complexity index is 1460. The molecular weight excluding hydrogens is 518 g/mol. The first-order valence-corrected chi connectivity index (χ1v) is 17.0. The minimum absolute atomic E-state index is 0.302. The van der Waals surface area contributed by atoms with Crippen molar-refractivity contribution in [2.75, 3.05) is 13.7 Å². The molecule has 2 aromatic heterocycles. The van der Waals surface area contributed by atoms with Crippen LogP contribution in [-0.4, -0.2) is 47.0 Å². The molecular formula is C31H37N5O3Si. The highest BCUT2D eigenvalue weighted by molar-refractivity contribution is 6.76. The molecule has 208 valence electrons. The molecule has 0 bridgehead atoms. The summed E-state index contributed by atoms with van der Waals surface area (Å²) in [7, 11) is 0.529. The number of methoxy groups -OCH3 is 1. The van der Waals surface area contributed by atoms with Crippen LogP contribution < -0.4 is 9.47 Å². The van der Waals surface area contributed by atoms with E-state index in [1.807, 2.05) is 73.7 Å². The number of tetrazole rings is 1. The van der Waals surface area contributed by atoms with Crippen LogP contribution in [0.1, 0.15) is 29.3 Å². The third-order valence-electron chi connectivity index (χ3n) is 6.17. The first-order valence-electron chi connectivity index (χ1n) is 13.3. The van der Waals surface area contributed by atoms with E-state index in [0.29, 0.717) is 31.5 Å². The van der Waals surface area contributed by atoms with Gasteiger partial charge in [-0.3, -0.25) is 4.98 Å². The van der Waals surface area contributed by atoms with Gasteiger partial charge in [0.15, 0.2) is 12.5 Å². The zero-order valence-electron chi connectivity index (χ0n) is 23.9. The van der Waals surface area contributed by atoms with Crippen molar-refractivity contribution < 1.29 is 14.2 Å². The fourth-order valence-corrected chi connectivity index (χ4v) is 4.60. The minimum Gasteiger partial charge on any atom is -0.497 e. The summed E-state index contributed by atoms with van der Waals surface area (Å²) in [5, 5.41) is 12.8. The molecule has 0 atom stereocenters. The van der Waals surface area contributed by atoms with Crippen molar-refractivity contribution in [3.05, 3.63) is 89.8 Å². The quantitative estimate of drug-likeness (QED) is 0.132. The highest BCUT2D eigenvalue weighted by atomic mass is 28.3. The van der Waals surface area contributed by atoms with Gasteiger partial charge in [-0.15, -0.1) is 15.0 Å². The second-order valence-corrected chi connectivity index (χ2v) is 16.4. The van der Waals surface area contributed by atoms with Gasteiger partial charge >= 0.3 is 0 Å². The smallest absolute Gasteiger partial charge is 0.205 e. The number of pyridine rings is 1. The van der Waals surface area contributed by atoms with Gasteiger partial charge in [0.2, 0.25) is 5.82 Å². The molecule has 0 saturated carbocycles. The lowest BCUT2D eigenvalue weighted by Crippen LogP contribution is -2.22. The molecule has 2 aromatic carbocycles. The monoisotopic (exact) mass is 555 g/mol. The van der Waals surface area contributed by atoms with Gasteiger partial charge in [-0.2, -0.15) is 0 Å². The number of hydrogen-bond donors (Lipinski definition) is 0. The fourth-order valence-electron chi connectivity index (χ4n) is 3.85. The van der Waals surface area contributed by atoms with Crippen LogP contribution in [0.5, 0.6) is 11.5 Å². The van der Waals surface area contributed by atoms with E-state index in [0.717, 1.165) is 45.3 Å². The van der Waals surface area contributed by atoms with Crippen LogP contribution in [0.4, 0.5) is 0 Å². The Morgan fingerprint density at radius 2 is 1.85 bits per heavy atom. The van der Waals surface area contributed by atoms with Crippen LogP contribution >= 0.6 is 0 Å².